The van der Waals surface area contributed by atoms with E-state index in [-0.39, 0.29) is 0 Å². The minimum atomic E-state index is 0.307. The number of thioether (sulfide) groups is 1. The van der Waals surface area contributed by atoms with Gasteiger partial charge in [0.05, 0.1) is 18.6 Å². The van der Waals surface area contributed by atoms with Crippen molar-refractivity contribution in [3.63, 3.8) is 0 Å². The van der Waals surface area contributed by atoms with Gasteiger partial charge in [0.25, 0.3) is 0 Å². The maximum atomic E-state index is 11.3. The van der Waals surface area contributed by atoms with Crippen LogP contribution >= 0.6 is 23.4 Å². The number of H-pyrrole nitrogens is 1. The molecular formula is C19H15ClN6O2S. The number of nitrogens with zero attached hydrogens (tertiary/aromatic N) is 5. The highest BCUT2D eigenvalue weighted by Crippen LogP contribution is 2.33. The van der Waals surface area contributed by atoms with E-state index in [0.717, 1.165) is 33.3 Å². The summed E-state index contributed by atoms with van der Waals surface area (Å²) in [4.78, 5) is 15.4. The predicted molar refractivity (Wildman–Crippen MR) is 115 cm³/mol. The third-order valence-electron chi connectivity index (χ3n) is 4.24. The van der Waals surface area contributed by atoms with E-state index in [1.165, 1.54) is 6.33 Å². The molecule has 1 aliphatic rings. The number of aromatic nitrogens is 3. The molecule has 0 amide bonds. The summed E-state index contributed by atoms with van der Waals surface area (Å²) in [6.45, 7) is 0. The number of rotatable bonds is 6. The molecule has 4 rings (SSSR count). The van der Waals surface area contributed by atoms with Crippen LogP contribution in [0.4, 0.5) is 5.69 Å². The number of benzene rings is 2. The summed E-state index contributed by atoms with van der Waals surface area (Å²) in [6.07, 6.45) is 2.04. The molecule has 0 bridgehead atoms. The fourth-order valence-electron chi connectivity index (χ4n) is 2.87. The Morgan fingerprint density at radius 1 is 1.14 bits per heavy atom. The van der Waals surface area contributed by atoms with Crippen molar-refractivity contribution in [2.24, 2.45) is 15.4 Å². The van der Waals surface area contributed by atoms with Crippen LogP contribution in [0.2, 0.25) is 5.02 Å². The Balaban J connectivity index is 1.56. The second-order valence-electron chi connectivity index (χ2n) is 6.18. The van der Waals surface area contributed by atoms with E-state index in [2.05, 4.69) is 30.6 Å². The van der Waals surface area contributed by atoms with Gasteiger partial charge >= 0.3 is 0 Å². The first-order valence-electron chi connectivity index (χ1n) is 8.59. The van der Waals surface area contributed by atoms with E-state index in [9.17, 15) is 4.91 Å². The summed E-state index contributed by atoms with van der Waals surface area (Å²) >= 11 is 7.73. The molecule has 2 aromatic carbocycles. The van der Waals surface area contributed by atoms with Crippen molar-refractivity contribution in [3.8, 4) is 16.9 Å². The van der Waals surface area contributed by atoms with Gasteiger partial charge in [0, 0.05) is 17.0 Å². The molecule has 29 heavy (non-hydrogen) atoms. The molecule has 0 saturated carbocycles. The number of ether oxygens (including phenoxy) is 1. The van der Waals surface area contributed by atoms with E-state index < -0.39 is 0 Å². The summed E-state index contributed by atoms with van der Waals surface area (Å²) in [6, 6.07) is 10.7. The van der Waals surface area contributed by atoms with Crippen LogP contribution in [0, 0.1) is 4.91 Å². The monoisotopic (exact) mass is 426 g/mol. The van der Waals surface area contributed by atoms with Gasteiger partial charge in [0.15, 0.2) is 0 Å². The van der Waals surface area contributed by atoms with Crippen molar-refractivity contribution in [3.05, 3.63) is 64.0 Å². The Labute approximate surface area is 175 Å². The van der Waals surface area contributed by atoms with Crippen LogP contribution in [0.15, 0.2) is 58.1 Å². The molecule has 0 fully saturated rings. The summed E-state index contributed by atoms with van der Waals surface area (Å²) in [5, 5.41) is 19.7. The van der Waals surface area contributed by atoms with Gasteiger partial charge in [0.2, 0.25) is 0 Å². The molecule has 0 atom stereocenters. The molecule has 1 N–H and O–H groups in total. The molecule has 146 valence electrons. The van der Waals surface area contributed by atoms with E-state index in [0.29, 0.717) is 28.6 Å². The molecule has 0 aliphatic carbocycles. The third-order valence-corrected chi connectivity index (χ3v) is 5.43. The highest BCUT2D eigenvalue weighted by atomic mass is 35.5. The molecule has 0 saturated heterocycles. The number of hydrogen-bond donors (Lipinski definition) is 1. The van der Waals surface area contributed by atoms with Gasteiger partial charge in [-0.25, -0.2) is 4.98 Å². The first-order valence-corrected chi connectivity index (χ1v) is 9.95. The lowest BCUT2D eigenvalue weighted by atomic mass is 9.99. The summed E-state index contributed by atoms with van der Waals surface area (Å²) < 4.78 is 5.29. The quantitative estimate of drug-likeness (QED) is 0.560. The summed E-state index contributed by atoms with van der Waals surface area (Å²) in [7, 11) is 1.58. The van der Waals surface area contributed by atoms with Crippen molar-refractivity contribution in [2.45, 2.75) is 12.2 Å². The smallest absolute Gasteiger partial charge is 0.137 e. The molecule has 0 spiro atoms. The van der Waals surface area contributed by atoms with E-state index in [4.69, 9.17) is 16.3 Å². The number of halogens is 1. The lowest BCUT2D eigenvalue weighted by Crippen LogP contribution is -2.02. The van der Waals surface area contributed by atoms with Crippen LogP contribution in [-0.2, 0) is 5.75 Å². The lowest BCUT2D eigenvalue weighted by molar-refractivity contribution is 0.415. The van der Waals surface area contributed by atoms with Crippen LogP contribution in [0.25, 0.3) is 11.1 Å². The van der Waals surface area contributed by atoms with Crippen molar-refractivity contribution in [1.82, 2.24) is 15.2 Å². The Kier molecular flexibility index (Phi) is 5.68. The summed E-state index contributed by atoms with van der Waals surface area (Å²) in [5.41, 5.74) is 3.48. The lowest BCUT2D eigenvalue weighted by Gasteiger charge is -2.09. The van der Waals surface area contributed by atoms with Crippen molar-refractivity contribution in [1.29, 1.82) is 0 Å². The van der Waals surface area contributed by atoms with Crippen LogP contribution in [0.5, 0.6) is 5.75 Å². The number of nitrogens with one attached hydrogen (secondary N) is 1. The highest BCUT2D eigenvalue weighted by Gasteiger charge is 2.18. The molecule has 0 unspecified atom stereocenters. The first kappa shape index (κ1) is 19.3. The molecule has 1 aromatic heterocycles. The molecule has 1 aliphatic heterocycles. The van der Waals surface area contributed by atoms with Gasteiger partial charge in [-0.3, -0.25) is 5.10 Å². The predicted octanol–water partition coefficient (Wildman–Crippen LogP) is 4.97. The Hall–Kier alpha value is -3.04. The number of methoxy groups -OCH3 is 1. The van der Waals surface area contributed by atoms with Crippen molar-refractivity contribution in [2.75, 3.05) is 7.11 Å². The van der Waals surface area contributed by atoms with Crippen LogP contribution in [-0.4, -0.2) is 33.0 Å². The topological polar surface area (TPSA) is 105 Å². The zero-order valence-electron chi connectivity index (χ0n) is 15.3. The number of hydrogen-bond acceptors (Lipinski definition) is 8. The van der Waals surface area contributed by atoms with Gasteiger partial charge < -0.3 is 4.74 Å². The molecule has 8 nitrogen and oxygen atoms in total. The SMILES string of the molecule is COc1cc(Cl)cc(-c2cc(N=O)cc(C3=NN=C(SCc4ncn[nH]4)C3)c2)c1. The van der Waals surface area contributed by atoms with E-state index in [1.54, 1.807) is 37.1 Å². The number of nitroso groups, excluding NO2 is 1. The first-order chi connectivity index (χ1) is 14.1. The normalized spacial score (nSPS) is 13.2. The maximum Gasteiger partial charge on any atom is 0.137 e. The van der Waals surface area contributed by atoms with Crippen molar-refractivity contribution < 1.29 is 4.74 Å². The summed E-state index contributed by atoms with van der Waals surface area (Å²) in [5.74, 6) is 2.03. The van der Waals surface area contributed by atoms with Crippen LogP contribution in [0.3, 0.4) is 0 Å². The Morgan fingerprint density at radius 3 is 2.72 bits per heavy atom. The largest absolute Gasteiger partial charge is 0.497 e. The van der Waals surface area contributed by atoms with Gasteiger partial charge in [-0.15, -0.1) is 21.8 Å². The molecule has 0 radical (unpaired) electrons. The van der Waals surface area contributed by atoms with E-state index >= 15 is 0 Å². The minimum Gasteiger partial charge on any atom is -0.497 e. The highest BCUT2D eigenvalue weighted by molar-refractivity contribution is 8.13. The van der Waals surface area contributed by atoms with Gasteiger partial charge in [-0.2, -0.15) is 10.2 Å². The minimum absolute atomic E-state index is 0.307. The van der Waals surface area contributed by atoms with Gasteiger partial charge in [-0.1, -0.05) is 11.6 Å². The molecule has 3 aromatic rings. The second kappa shape index (κ2) is 8.54. The zero-order chi connectivity index (χ0) is 20.2. The second-order valence-corrected chi connectivity index (χ2v) is 7.66. The average Bonchev–Trinajstić information content (AvgIpc) is 3.43. The van der Waals surface area contributed by atoms with Gasteiger partial charge in [0.1, 0.15) is 28.6 Å². The van der Waals surface area contributed by atoms with Gasteiger partial charge in [-0.05, 0) is 52.7 Å². The average molecular weight is 427 g/mol. The third kappa shape index (κ3) is 4.52. The zero-order valence-corrected chi connectivity index (χ0v) is 16.9. The maximum absolute atomic E-state index is 11.3. The molecular weight excluding hydrogens is 412 g/mol. The van der Waals surface area contributed by atoms with Crippen LogP contribution in [0.1, 0.15) is 17.8 Å². The Bertz CT molecular complexity index is 1110. The molecule has 2 heterocycles. The fraction of sp³-hybridized carbons (Fsp3) is 0.158. The Morgan fingerprint density at radius 2 is 1.97 bits per heavy atom. The number of aromatic amines is 1. The standard InChI is InChI=1S/C19H15ClN6O2S/c1-28-16-6-12(3-14(20)7-16)11-2-13(5-15(4-11)26-27)17-8-19(25-23-17)29-9-18-21-10-22-24-18/h2-7,10H,8-9H2,1H3,(H,21,22,24). The van der Waals surface area contributed by atoms with Crippen molar-refractivity contribution >= 4 is 39.8 Å². The van der Waals surface area contributed by atoms with E-state index in [1.807, 2.05) is 18.2 Å². The fourth-order valence-corrected chi connectivity index (χ4v) is 3.87. The van der Waals surface area contributed by atoms with Crippen LogP contribution < -0.4 is 4.74 Å². The molecule has 10 heteroatoms.